The highest BCUT2D eigenvalue weighted by Gasteiger charge is 2.25. The zero-order valence-electron chi connectivity index (χ0n) is 14.7. The first-order valence-corrected chi connectivity index (χ1v) is 8.31. The number of furan rings is 1. The van der Waals surface area contributed by atoms with Crippen LogP contribution in [-0.2, 0) is 4.74 Å². The van der Waals surface area contributed by atoms with Crippen molar-refractivity contribution >= 4 is 6.09 Å². The summed E-state index contributed by atoms with van der Waals surface area (Å²) in [7, 11) is 0. The predicted octanol–water partition coefficient (Wildman–Crippen LogP) is 2.48. The molecule has 2 heterocycles. The molecule has 1 fully saturated rings. The van der Waals surface area contributed by atoms with E-state index in [1.165, 1.54) is 5.56 Å². The Morgan fingerprint density at radius 3 is 2.61 bits per heavy atom. The van der Waals surface area contributed by atoms with Gasteiger partial charge in [-0.25, -0.2) is 4.79 Å². The van der Waals surface area contributed by atoms with Crippen molar-refractivity contribution in [2.24, 2.45) is 0 Å². The van der Waals surface area contributed by atoms with Crippen LogP contribution in [0.2, 0.25) is 0 Å². The lowest BCUT2D eigenvalue weighted by Gasteiger charge is -2.35. The molecule has 0 aromatic carbocycles. The van der Waals surface area contributed by atoms with Crippen molar-refractivity contribution in [1.29, 1.82) is 0 Å². The Hall–Kier alpha value is -1.53. The molecule has 130 valence electrons. The maximum atomic E-state index is 12.0. The number of carbonyl (C=O) groups is 1. The zero-order valence-corrected chi connectivity index (χ0v) is 14.7. The quantitative estimate of drug-likeness (QED) is 0.902. The van der Waals surface area contributed by atoms with Crippen molar-refractivity contribution in [2.75, 3.05) is 39.3 Å². The second kappa shape index (κ2) is 7.84. The smallest absolute Gasteiger partial charge is 0.410 e. The fourth-order valence-corrected chi connectivity index (χ4v) is 2.56. The number of ether oxygens (including phenoxy) is 1. The number of hydrogen-bond acceptors (Lipinski definition) is 5. The van der Waals surface area contributed by atoms with E-state index in [0.717, 1.165) is 39.3 Å². The van der Waals surface area contributed by atoms with Crippen LogP contribution < -0.4 is 5.32 Å². The van der Waals surface area contributed by atoms with E-state index in [9.17, 15) is 4.79 Å². The largest absolute Gasteiger partial charge is 0.472 e. The van der Waals surface area contributed by atoms with Crippen LogP contribution in [0.15, 0.2) is 23.0 Å². The Morgan fingerprint density at radius 1 is 1.35 bits per heavy atom. The number of hydrogen-bond donors (Lipinski definition) is 1. The molecule has 0 radical (unpaired) electrons. The molecule has 0 bridgehead atoms. The maximum absolute atomic E-state index is 12.0. The van der Waals surface area contributed by atoms with Crippen molar-refractivity contribution in [3.05, 3.63) is 24.2 Å². The zero-order chi connectivity index (χ0) is 16.9. The van der Waals surface area contributed by atoms with Crippen molar-refractivity contribution in [1.82, 2.24) is 15.1 Å². The lowest BCUT2D eigenvalue weighted by molar-refractivity contribution is 0.0146. The van der Waals surface area contributed by atoms with E-state index in [4.69, 9.17) is 9.15 Å². The van der Waals surface area contributed by atoms with Gasteiger partial charge in [-0.2, -0.15) is 0 Å². The van der Waals surface area contributed by atoms with Gasteiger partial charge < -0.3 is 19.4 Å². The molecule has 1 N–H and O–H groups in total. The number of amides is 1. The first-order chi connectivity index (χ1) is 10.8. The molecular formula is C17H29N3O3. The third kappa shape index (κ3) is 5.88. The van der Waals surface area contributed by atoms with Crippen LogP contribution in [0.5, 0.6) is 0 Å². The standard InChI is InChI=1S/C17H29N3O3/c1-14(15-5-12-22-13-15)18-6-7-19-8-10-20(11-9-19)16(21)23-17(2,3)4/h5,12-14,18H,6-11H2,1-4H3. The third-order valence-electron chi connectivity index (χ3n) is 3.95. The van der Waals surface area contributed by atoms with Crippen LogP contribution in [0, 0.1) is 0 Å². The number of carbonyl (C=O) groups excluding carboxylic acids is 1. The molecule has 1 atom stereocenters. The maximum Gasteiger partial charge on any atom is 0.410 e. The minimum absolute atomic E-state index is 0.205. The third-order valence-corrected chi connectivity index (χ3v) is 3.95. The number of rotatable bonds is 5. The lowest BCUT2D eigenvalue weighted by atomic mass is 10.2. The molecule has 0 spiro atoms. The first-order valence-electron chi connectivity index (χ1n) is 8.31. The lowest BCUT2D eigenvalue weighted by Crippen LogP contribution is -2.51. The SMILES string of the molecule is CC(NCCN1CCN(C(=O)OC(C)(C)C)CC1)c1ccoc1. The van der Waals surface area contributed by atoms with Gasteiger partial charge in [0.25, 0.3) is 0 Å². The second-order valence-corrected chi connectivity index (χ2v) is 7.04. The fourth-order valence-electron chi connectivity index (χ4n) is 2.56. The van der Waals surface area contributed by atoms with Gasteiger partial charge in [0, 0.05) is 50.9 Å². The van der Waals surface area contributed by atoms with Gasteiger partial charge in [-0.1, -0.05) is 0 Å². The van der Waals surface area contributed by atoms with E-state index in [1.54, 1.807) is 17.4 Å². The topological polar surface area (TPSA) is 58.0 Å². The normalized spacial score (nSPS) is 18.0. The van der Waals surface area contributed by atoms with Crippen molar-refractivity contribution in [3.8, 4) is 0 Å². The Morgan fingerprint density at radius 2 is 2.04 bits per heavy atom. The average molecular weight is 323 g/mol. The molecule has 6 nitrogen and oxygen atoms in total. The predicted molar refractivity (Wildman–Crippen MR) is 89.4 cm³/mol. The Labute approximate surface area is 138 Å². The van der Waals surface area contributed by atoms with Gasteiger partial charge in [-0.15, -0.1) is 0 Å². The molecule has 1 aromatic heterocycles. The monoisotopic (exact) mass is 323 g/mol. The molecule has 1 aliphatic heterocycles. The van der Waals surface area contributed by atoms with Crippen LogP contribution in [0.25, 0.3) is 0 Å². The van der Waals surface area contributed by atoms with E-state index in [1.807, 2.05) is 26.8 Å². The van der Waals surface area contributed by atoms with Crippen molar-refractivity contribution in [2.45, 2.75) is 39.3 Å². The van der Waals surface area contributed by atoms with Gasteiger partial charge in [0.05, 0.1) is 12.5 Å². The summed E-state index contributed by atoms with van der Waals surface area (Å²) in [6, 6.07) is 2.27. The molecule has 23 heavy (non-hydrogen) atoms. The Balaban J connectivity index is 1.64. The van der Waals surface area contributed by atoms with Gasteiger partial charge in [-0.3, -0.25) is 4.90 Å². The van der Waals surface area contributed by atoms with Gasteiger partial charge in [0.15, 0.2) is 0 Å². The van der Waals surface area contributed by atoms with Crippen LogP contribution in [-0.4, -0.2) is 60.8 Å². The first kappa shape index (κ1) is 17.8. The molecule has 2 rings (SSSR count). The molecule has 1 aliphatic rings. The van der Waals surface area contributed by atoms with E-state index >= 15 is 0 Å². The average Bonchev–Trinajstić information content (AvgIpc) is 3.00. The Kier molecular flexibility index (Phi) is 6.07. The Bertz CT molecular complexity index is 474. The summed E-state index contributed by atoms with van der Waals surface area (Å²) in [5.41, 5.74) is 0.737. The van der Waals surface area contributed by atoms with Gasteiger partial charge in [0.2, 0.25) is 0 Å². The summed E-state index contributed by atoms with van der Waals surface area (Å²) in [6.07, 6.45) is 3.27. The van der Waals surface area contributed by atoms with E-state index in [0.29, 0.717) is 0 Å². The van der Waals surface area contributed by atoms with Crippen LogP contribution in [0.3, 0.4) is 0 Å². The molecule has 1 saturated heterocycles. The van der Waals surface area contributed by atoms with Gasteiger partial charge in [0.1, 0.15) is 5.60 Å². The summed E-state index contributed by atoms with van der Waals surface area (Å²) in [4.78, 5) is 16.2. The summed E-state index contributed by atoms with van der Waals surface area (Å²) >= 11 is 0. The summed E-state index contributed by atoms with van der Waals surface area (Å²) in [6.45, 7) is 12.9. The summed E-state index contributed by atoms with van der Waals surface area (Å²) in [5.74, 6) is 0. The second-order valence-electron chi connectivity index (χ2n) is 7.04. The molecule has 1 aromatic rings. The fraction of sp³-hybridized carbons (Fsp3) is 0.706. The van der Waals surface area contributed by atoms with Crippen LogP contribution in [0.1, 0.15) is 39.3 Å². The van der Waals surface area contributed by atoms with Crippen LogP contribution >= 0.6 is 0 Å². The van der Waals surface area contributed by atoms with Crippen molar-refractivity contribution < 1.29 is 13.9 Å². The molecule has 6 heteroatoms. The van der Waals surface area contributed by atoms with E-state index in [2.05, 4.69) is 17.1 Å². The highest BCUT2D eigenvalue weighted by Crippen LogP contribution is 2.13. The van der Waals surface area contributed by atoms with E-state index in [-0.39, 0.29) is 12.1 Å². The van der Waals surface area contributed by atoms with E-state index < -0.39 is 5.60 Å². The number of piperazine rings is 1. The highest BCUT2D eigenvalue weighted by atomic mass is 16.6. The molecule has 1 amide bonds. The number of nitrogens with zero attached hydrogens (tertiary/aromatic N) is 2. The molecule has 1 unspecified atom stereocenters. The van der Waals surface area contributed by atoms with Gasteiger partial charge >= 0.3 is 6.09 Å². The molecule has 0 aliphatic carbocycles. The van der Waals surface area contributed by atoms with Gasteiger partial charge in [-0.05, 0) is 33.8 Å². The number of nitrogens with one attached hydrogen (secondary N) is 1. The molecule has 0 saturated carbocycles. The van der Waals surface area contributed by atoms with Crippen molar-refractivity contribution in [3.63, 3.8) is 0 Å². The van der Waals surface area contributed by atoms with Crippen LogP contribution in [0.4, 0.5) is 4.79 Å². The highest BCUT2D eigenvalue weighted by molar-refractivity contribution is 5.68. The summed E-state index contributed by atoms with van der Waals surface area (Å²) in [5, 5.41) is 3.49. The summed E-state index contributed by atoms with van der Waals surface area (Å²) < 4.78 is 10.5. The molecular weight excluding hydrogens is 294 g/mol. The minimum atomic E-state index is -0.429. The minimum Gasteiger partial charge on any atom is -0.472 e.